The van der Waals surface area contributed by atoms with Crippen molar-refractivity contribution >= 4 is 38.0 Å². The Morgan fingerprint density at radius 2 is 1.05 bits per heavy atom. The average Bonchev–Trinajstić information content (AvgIpc) is 3.64. The first-order valence-electron chi connectivity index (χ1n) is 17.5. The number of fused-ring (bicyclic) bond motifs is 2. The number of halogens is 8. The molecule has 0 unspecified atom stereocenters. The van der Waals surface area contributed by atoms with Gasteiger partial charge < -0.3 is 37.6 Å². The van der Waals surface area contributed by atoms with Gasteiger partial charge >= 0.3 is 12.7 Å². The molecule has 312 valence electrons. The number of hydrogen-bond donors (Lipinski definition) is 0. The second-order valence-electron chi connectivity index (χ2n) is 13.2. The fourth-order valence-corrected chi connectivity index (χ4v) is 7.01. The number of aromatic nitrogens is 4. The van der Waals surface area contributed by atoms with Crippen LogP contribution in [0.1, 0.15) is 37.1 Å². The van der Waals surface area contributed by atoms with Crippen molar-refractivity contribution in [2.45, 2.75) is 52.5 Å². The molecule has 0 saturated heterocycles. The predicted octanol–water partition coefficient (Wildman–Crippen LogP) is 11.2. The van der Waals surface area contributed by atoms with E-state index in [4.69, 9.17) is 23.9 Å². The highest BCUT2D eigenvalue weighted by Crippen LogP contribution is 2.40. The Balaban J connectivity index is 0.000000221. The van der Waals surface area contributed by atoms with Crippen molar-refractivity contribution in [3.63, 3.8) is 0 Å². The maximum Gasteiger partial charge on any atom is 0.573 e. The van der Waals surface area contributed by atoms with Gasteiger partial charge in [0.15, 0.2) is 5.82 Å². The molecule has 4 aromatic heterocycles. The van der Waals surface area contributed by atoms with Crippen molar-refractivity contribution in [2.75, 3.05) is 41.7 Å². The molecule has 0 radical (unpaired) electrons. The molecule has 10 nitrogen and oxygen atoms in total. The first-order chi connectivity index (χ1) is 27.3. The summed E-state index contributed by atoms with van der Waals surface area (Å²) in [4.78, 5) is 9.21. The Bertz CT molecular complexity index is 2230. The summed E-state index contributed by atoms with van der Waals surface area (Å²) in [6.07, 6.45) is -6.28. The monoisotopic (exact) mass is 884 g/mol. The second-order valence-corrected chi connectivity index (χ2v) is 14.1. The van der Waals surface area contributed by atoms with Gasteiger partial charge in [-0.3, -0.25) is 0 Å². The fraction of sp³-hybridized carbons (Fsp3) is 0.350. The van der Waals surface area contributed by atoms with E-state index in [1.807, 2.05) is 33.0 Å². The highest BCUT2D eigenvalue weighted by atomic mass is 79.9. The summed E-state index contributed by atoms with van der Waals surface area (Å²) < 4.78 is 123. The van der Waals surface area contributed by atoms with Gasteiger partial charge in [-0.15, -0.1) is 26.3 Å². The van der Waals surface area contributed by atoms with Crippen LogP contribution in [-0.2, 0) is 9.47 Å². The minimum atomic E-state index is -4.81. The number of aryl methyl sites for hydroxylation is 2. The Kier molecular flexibility index (Phi) is 13.5. The van der Waals surface area contributed by atoms with Crippen LogP contribution in [0.5, 0.6) is 23.0 Å². The summed E-state index contributed by atoms with van der Waals surface area (Å²) in [7, 11) is 5.94. The molecular weight excluding hydrogens is 845 g/mol. The molecule has 4 heterocycles. The lowest BCUT2D eigenvalue weighted by Crippen LogP contribution is -2.17. The molecule has 2 atom stereocenters. The predicted molar refractivity (Wildman–Crippen MR) is 207 cm³/mol. The topological polar surface area (TPSA) is 91.0 Å². The van der Waals surface area contributed by atoms with Crippen LogP contribution < -0.4 is 18.9 Å². The summed E-state index contributed by atoms with van der Waals surface area (Å²) in [5, 5.41) is 0. The smallest absolute Gasteiger partial charge is 0.496 e. The number of pyridine rings is 2. The van der Waals surface area contributed by atoms with Gasteiger partial charge in [0, 0.05) is 49.9 Å². The Morgan fingerprint density at radius 1 is 0.638 bits per heavy atom. The van der Waals surface area contributed by atoms with Crippen LogP contribution in [0.15, 0.2) is 65.4 Å². The molecule has 0 aliphatic heterocycles. The van der Waals surface area contributed by atoms with Crippen molar-refractivity contribution in [3.8, 4) is 45.5 Å². The van der Waals surface area contributed by atoms with E-state index in [2.05, 4.69) is 35.0 Å². The van der Waals surface area contributed by atoms with Crippen LogP contribution in [-0.4, -0.2) is 73.5 Å². The summed E-state index contributed by atoms with van der Waals surface area (Å²) >= 11 is 3.55. The van der Waals surface area contributed by atoms with Crippen molar-refractivity contribution in [1.82, 2.24) is 19.1 Å². The molecule has 0 amide bonds. The molecular formula is C40H40BrF7N4O6. The third-order valence-electron chi connectivity index (χ3n) is 8.99. The fourth-order valence-electron chi connectivity index (χ4n) is 6.50. The zero-order valence-corrected chi connectivity index (χ0v) is 34.2. The third-order valence-corrected chi connectivity index (χ3v) is 9.57. The van der Waals surface area contributed by atoms with Gasteiger partial charge in [-0.1, -0.05) is 0 Å². The van der Waals surface area contributed by atoms with E-state index < -0.39 is 24.3 Å². The van der Waals surface area contributed by atoms with Crippen molar-refractivity contribution in [3.05, 3.63) is 82.3 Å². The largest absolute Gasteiger partial charge is 0.573 e. The number of benzene rings is 2. The molecule has 18 heteroatoms. The molecule has 2 aromatic carbocycles. The molecule has 0 N–H and O–H groups in total. The van der Waals surface area contributed by atoms with E-state index in [0.29, 0.717) is 46.8 Å². The van der Waals surface area contributed by atoms with Crippen LogP contribution in [0.2, 0.25) is 0 Å². The maximum absolute atomic E-state index is 14.6. The Labute approximate surface area is 337 Å². The van der Waals surface area contributed by atoms with Crippen LogP contribution in [0, 0.1) is 19.7 Å². The molecule has 0 spiro atoms. The standard InChI is InChI=1S/C20H20BrF3N2O3.C20H20F4N2O3/c2*1-11-7-16-19(15(21)9-26(16)12(2)10-27-3)25-18(11)14-6-5-13(8-17(14)28-4)29-20(22,23)24/h2*5-9,12H,10H2,1-4H3/t2*12-/m00/s1. The van der Waals surface area contributed by atoms with Gasteiger partial charge in [0.25, 0.3) is 0 Å². The number of ether oxygens (including phenoxy) is 6. The van der Waals surface area contributed by atoms with Gasteiger partial charge in [-0.2, -0.15) is 0 Å². The van der Waals surface area contributed by atoms with E-state index in [-0.39, 0.29) is 34.8 Å². The molecule has 58 heavy (non-hydrogen) atoms. The van der Waals surface area contributed by atoms with Crippen molar-refractivity contribution < 1.29 is 59.2 Å². The molecule has 0 aliphatic carbocycles. The molecule has 0 aliphatic rings. The van der Waals surface area contributed by atoms with E-state index in [0.717, 1.165) is 27.1 Å². The van der Waals surface area contributed by atoms with Gasteiger partial charge in [0.05, 0.1) is 66.4 Å². The first-order valence-corrected chi connectivity index (χ1v) is 18.3. The maximum atomic E-state index is 14.6. The van der Waals surface area contributed by atoms with Crippen molar-refractivity contribution in [1.29, 1.82) is 0 Å². The van der Waals surface area contributed by atoms with E-state index in [9.17, 15) is 30.7 Å². The van der Waals surface area contributed by atoms with Crippen molar-refractivity contribution in [2.24, 2.45) is 0 Å². The molecule has 0 bridgehead atoms. The van der Waals surface area contributed by atoms with Gasteiger partial charge in [-0.25, -0.2) is 14.4 Å². The number of nitrogens with zero attached hydrogens (tertiary/aromatic N) is 4. The van der Waals surface area contributed by atoms with E-state index in [1.165, 1.54) is 50.7 Å². The van der Waals surface area contributed by atoms with Crippen LogP contribution >= 0.6 is 15.9 Å². The Hall–Kier alpha value is -5.07. The molecule has 0 saturated carbocycles. The first kappa shape index (κ1) is 44.0. The van der Waals surface area contributed by atoms with Gasteiger partial charge in [0.1, 0.15) is 34.0 Å². The Morgan fingerprint density at radius 3 is 1.47 bits per heavy atom. The highest BCUT2D eigenvalue weighted by molar-refractivity contribution is 9.10. The van der Waals surface area contributed by atoms with Crippen LogP contribution in [0.25, 0.3) is 44.6 Å². The molecule has 0 fully saturated rings. The molecule has 6 aromatic rings. The number of alkyl halides is 6. The van der Waals surface area contributed by atoms with Crippen LogP contribution in [0.3, 0.4) is 0 Å². The average molecular weight is 886 g/mol. The quantitative estimate of drug-likeness (QED) is 0.112. The number of hydrogen-bond acceptors (Lipinski definition) is 8. The lowest BCUT2D eigenvalue weighted by Gasteiger charge is -2.16. The lowest BCUT2D eigenvalue weighted by atomic mass is 10.0. The van der Waals surface area contributed by atoms with E-state index in [1.54, 1.807) is 31.8 Å². The van der Waals surface area contributed by atoms with Crippen LogP contribution in [0.4, 0.5) is 30.7 Å². The minimum absolute atomic E-state index is 0.104. The highest BCUT2D eigenvalue weighted by Gasteiger charge is 2.32. The SMILES string of the molecule is COC[C@H](C)n1cc(Br)c2nc(-c3ccc(OC(F)(F)F)cc3OC)c(C)cc21.COC[C@H](C)n1cc(F)c2nc(-c3ccc(OC(F)(F)F)cc3OC)c(C)cc21. The zero-order valence-electron chi connectivity index (χ0n) is 32.6. The summed E-state index contributed by atoms with van der Waals surface area (Å²) in [6, 6.07) is 11.4. The van der Waals surface area contributed by atoms with Gasteiger partial charge in [-0.05, 0) is 91.1 Å². The van der Waals surface area contributed by atoms with E-state index >= 15 is 0 Å². The zero-order chi connectivity index (χ0) is 42.7. The lowest BCUT2D eigenvalue weighted by molar-refractivity contribution is -0.275. The van der Waals surface area contributed by atoms with Gasteiger partial charge in [0.2, 0.25) is 0 Å². The summed E-state index contributed by atoms with van der Waals surface area (Å²) in [6.45, 7) is 8.57. The molecule has 6 rings (SSSR count). The normalized spacial score (nSPS) is 13.0. The third kappa shape index (κ3) is 9.96. The number of rotatable bonds is 12. The second kappa shape index (κ2) is 17.8. The summed E-state index contributed by atoms with van der Waals surface area (Å²) in [5.74, 6) is -0.889. The number of methoxy groups -OCH3 is 4. The summed E-state index contributed by atoms with van der Waals surface area (Å²) in [5.41, 5.74) is 6.03. The minimum Gasteiger partial charge on any atom is -0.496 e.